The maximum absolute atomic E-state index is 11.6. The number of hydrogen-bond donors (Lipinski definition) is 0. The van der Waals surface area contributed by atoms with Gasteiger partial charge in [0.05, 0.1) is 6.61 Å². The highest BCUT2D eigenvalue weighted by molar-refractivity contribution is 6.31. The zero-order chi connectivity index (χ0) is 17.4. The van der Waals surface area contributed by atoms with Gasteiger partial charge in [-0.2, -0.15) is 5.26 Å². The number of benzene rings is 2. The molecule has 0 saturated carbocycles. The van der Waals surface area contributed by atoms with Gasteiger partial charge in [-0.3, -0.25) is 0 Å². The quantitative estimate of drug-likeness (QED) is 0.444. The highest BCUT2D eigenvalue weighted by atomic mass is 35.5. The second-order valence-electron chi connectivity index (χ2n) is 4.84. The van der Waals surface area contributed by atoms with Gasteiger partial charge in [-0.15, -0.1) is 0 Å². The van der Waals surface area contributed by atoms with Crippen LogP contribution < -0.4 is 4.74 Å². The van der Waals surface area contributed by atoms with Gasteiger partial charge in [0, 0.05) is 10.6 Å². The van der Waals surface area contributed by atoms with Crippen molar-refractivity contribution < 1.29 is 14.3 Å². The predicted molar refractivity (Wildman–Crippen MR) is 92.4 cm³/mol. The molecule has 24 heavy (non-hydrogen) atoms. The molecule has 0 amide bonds. The number of carbonyl (C=O) groups is 1. The summed E-state index contributed by atoms with van der Waals surface area (Å²) < 4.78 is 10.5. The number of nitrogens with zero attached hydrogens (tertiary/aromatic N) is 1. The Balaban J connectivity index is 2.04. The first kappa shape index (κ1) is 17.6. The Hall–Kier alpha value is -2.77. The average molecular weight is 342 g/mol. The summed E-state index contributed by atoms with van der Waals surface area (Å²) in [5, 5.41) is 9.68. The molecule has 0 N–H and O–H groups in total. The lowest BCUT2D eigenvalue weighted by Gasteiger charge is -2.08. The van der Waals surface area contributed by atoms with E-state index in [1.54, 1.807) is 31.2 Å². The first-order valence-electron chi connectivity index (χ1n) is 7.39. The molecule has 0 heterocycles. The van der Waals surface area contributed by atoms with Crippen LogP contribution in [0.25, 0.3) is 6.08 Å². The van der Waals surface area contributed by atoms with Crippen LogP contribution >= 0.6 is 11.6 Å². The van der Waals surface area contributed by atoms with Crippen molar-refractivity contribution in [2.24, 2.45) is 0 Å². The highest BCUT2D eigenvalue weighted by Gasteiger charge is 2.09. The first-order valence-corrected chi connectivity index (χ1v) is 7.77. The number of ether oxygens (including phenoxy) is 2. The summed E-state index contributed by atoms with van der Waals surface area (Å²) in [5.41, 5.74) is 1.57. The third-order valence-electron chi connectivity index (χ3n) is 3.16. The van der Waals surface area contributed by atoms with Gasteiger partial charge < -0.3 is 9.47 Å². The standard InChI is InChI=1S/C19H16ClNO3/c1-2-23-19(22)16(12-21)11-14-7-9-17(10-8-14)24-13-15-5-3-4-6-18(15)20/h3-11H,2,13H2,1H3/b16-11-. The summed E-state index contributed by atoms with van der Waals surface area (Å²) in [5.74, 6) is 0.0424. The zero-order valence-corrected chi connectivity index (χ0v) is 13.9. The van der Waals surface area contributed by atoms with Gasteiger partial charge in [-0.25, -0.2) is 4.79 Å². The molecule has 122 valence electrons. The lowest BCUT2D eigenvalue weighted by atomic mass is 10.1. The largest absolute Gasteiger partial charge is 0.489 e. The second-order valence-corrected chi connectivity index (χ2v) is 5.25. The van der Waals surface area contributed by atoms with E-state index in [1.807, 2.05) is 30.3 Å². The van der Waals surface area contributed by atoms with Crippen molar-refractivity contribution >= 4 is 23.6 Å². The molecule has 0 atom stereocenters. The van der Waals surface area contributed by atoms with Crippen molar-refractivity contribution in [1.29, 1.82) is 5.26 Å². The summed E-state index contributed by atoms with van der Waals surface area (Å²) in [4.78, 5) is 11.6. The van der Waals surface area contributed by atoms with Gasteiger partial charge in [0.2, 0.25) is 0 Å². The molecule has 2 rings (SSSR count). The molecule has 0 bridgehead atoms. The molecule has 0 aromatic heterocycles. The van der Waals surface area contributed by atoms with E-state index in [2.05, 4.69) is 0 Å². The van der Waals surface area contributed by atoms with Crippen molar-refractivity contribution in [1.82, 2.24) is 0 Å². The Kier molecular flexibility index (Phi) is 6.41. The van der Waals surface area contributed by atoms with Crippen LogP contribution in [0.15, 0.2) is 54.1 Å². The first-order chi connectivity index (χ1) is 11.6. The van der Waals surface area contributed by atoms with Crippen LogP contribution in [0.1, 0.15) is 18.1 Å². The van der Waals surface area contributed by atoms with Crippen LogP contribution in [0.4, 0.5) is 0 Å². The van der Waals surface area contributed by atoms with Crippen molar-refractivity contribution in [2.45, 2.75) is 13.5 Å². The van der Waals surface area contributed by atoms with E-state index in [4.69, 9.17) is 26.3 Å². The molecular formula is C19H16ClNO3. The van der Waals surface area contributed by atoms with Crippen molar-refractivity contribution in [3.05, 3.63) is 70.3 Å². The molecule has 5 heteroatoms. The summed E-state index contributed by atoms with van der Waals surface area (Å²) >= 11 is 6.08. The number of nitriles is 1. The van der Waals surface area contributed by atoms with Gasteiger partial charge in [0.1, 0.15) is 24.0 Å². The van der Waals surface area contributed by atoms with Crippen LogP contribution in [0.5, 0.6) is 5.75 Å². The zero-order valence-electron chi connectivity index (χ0n) is 13.2. The van der Waals surface area contributed by atoms with Crippen molar-refractivity contribution in [3.8, 4) is 11.8 Å². The minimum absolute atomic E-state index is 0.0402. The minimum atomic E-state index is -0.626. The summed E-state index contributed by atoms with van der Waals surface area (Å²) in [6.07, 6.45) is 1.48. The molecule has 0 fully saturated rings. The molecule has 0 spiro atoms. The van der Waals surface area contributed by atoms with E-state index in [1.165, 1.54) is 6.08 Å². The van der Waals surface area contributed by atoms with Gasteiger partial charge in [0.25, 0.3) is 0 Å². The average Bonchev–Trinajstić information content (AvgIpc) is 2.60. The van der Waals surface area contributed by atoms with Crippen LogP contribution in [-0.4, -0.2) is 12.6 Å². The summed E-state index contributed by atoms with van der Waals surface area (Å²) in [7, 11) is 0. The number of hydrogen-bond acceptors (Lipinski definition) is 4. The van der Waals surface area contributed by atoms with Crippen molar-refractivity contribution in [3.63, 3.8) is 0 Å². The van der Waals surface area contributed by atoms with E-state index in [9.17, 15) is 4.79 Å². The van der Waals surface area contributed by atoms with E-state index in [-0.39, 0.29) is 12.2 Å². The molecule has 0 aliphatic carbocycles. The second kappa shape index (κ2) is 8.76. The fourth-order valence-corrected chi connectivity index (χ4v) is 2.14. The molecule has 0 aliphatic rings. The number of carbonyl (C=O) groups excluding carboxylic acids is 1. The number of halogens is 1. The smallest absolute Gasteiger partial charge is 0.348 e. The summed E-state index contributed by atoms with van der Waals surface area (Å²) in [6.45, 7) is 2.28. The third kappa shape index (κ3) is 4.87. The van der Waals surface area contributed by atoms with Gasteiger partial charge in [-0.1, -0.05) is 41.9 Å². The lowest BCUT2D eigenvalue weighted by Crippen LogP contribution is -2.05. The molecule has 0 saturated heterocycles. The fourth-order valence-electron chi connectivity index (χ4n) is 1.95. The van der Waals surface area contributed by atoms with Gasteiger partial charge >= 0.3 is 5.97 Å². The SMILES string of the molecule is CCOC(=O)/C(C#N)=C\c1ccc(OCc2ccccc2Cl)cc1. The van der Waals surface area contributed by atoms with Gasteiger partial charge in [-0.05, 0) is 36.8 Å². The normalized spacial score (nSPS) is 10.8. The van der Waals surface area contributed by atoms with E-state index in [0.29, 0.717) is 22.9 Å². The number of esters is 1. The molecule has 2 aromatic carbocycles. The predicted octanol–water partition coefficient (Wildman–Crippen LogP) is 4.39. The molecule has 0 radical (unpaired) electrons. The maximum atomic E-state index is 11.6. The molecular weight excluding hydrogens is 326 g/mol. The van der Waals surface area contributed by atoms with Crippen LogP contribution in [0.2, 0.25) is 5.02 Å². The molecule has 4 nitrogen and oxygen atoms in total. The molecule has 2 aromatic rings. The Morgan fingerprint density at radius 2 is 1.92 bits per heavy atom. The van der Waals surface area contributed by atoms with Crippen LogP contribution in [0.3, 0.4) is 0 Å². The molecule has 0 unspecified atom stereocenters. The Bertz CT molecular complexity index is 776. The van der Waals surface area contributed by atoms with Crippen LogP contribution in [0, 0.1) is 11.3 Å². The van der Waals surface area contributed by atoms with E-state index < -0.39 is 5.97 Å². The fraction of sp³-hybridized carbons (Fsp3) is 0.158. The Labute approximate surface area is 145 Å². The van der Waals surface area contributed by atoms with Gasteiger partial charge in [0.15, 0.2) is 0 Å². The summed E-state index contributed by atoms with van der Waals surface area (Å²) in [6, 6.07) is 16.4. The minimum Gasteiger partial charge on any atom is -0.489 e. The van der Waals surface area contributed by atoms with E-state index >= 15 is 0 Å². The Morgan fingerprint density at radius 3 is 2.54 bits per heavy atom. The maximum Gasteiger partial charge on any atom is 0.348 e. The van der Waals surface area contributed by atoms with Crippen molar-refractivity contribution in [2.75, 3.05) is 6.61 Å². The molecule has 0 aliphatic heterocycles. The van der Waals surface area contributed by atoms with Crippen LogP contribution in [-0.2, 0) is 16.1 Å². The highest BCUT2D eigenvalue weighted by Crippen LogP contribution is 2.19. The number of rotatable bonds is 6. The Morgan fingerprint density at radius 1 is 1.21 bits per heavy atom. The topological polar surface area (TPSA) is 59.3 Å². The third-order valence-corrected chi connectivity index (χ3v) is 3.53. The van der Waals surface area contributed by atoms with E-state index in [0.717, 1.165) is 5.56 Å². The lowest BCUT2D eigenvalue weighted by molar-refractivity contribution is -0.137. The monoisotopic (exact) mass is 341 g/mol.